The van der Waals surface area contributed by atoms with Crippen LogP contribution < -0.4 is 10.2 Å². The predicted molar refractivity (Wildman–Crippen MR) is 183 cm³/mol. The molecule has 2 heterocycles. The van der Waals surface area contributed by atoms with Crippen molar-refractivity contribution in [3.8, 4) is 0 Å². The van der Waals surface area contributed by atoms with Gasteiger partial charge >= 0.3 is 0 Å². The van der Waals surface area contributed by atoms with Crippen molar-refractivity contribution in [3.63, 3.8) is 0 Å². The highest BCUT2D eigenvalue weighted by Gasteiger charge is 2.27. The van der Waals surface area contributed by atoms with Crippen molar-refractivity contribution in [1.82, 2.24) is 5.32 Å². The van der Waals surface area contributed by atoms with Crippen LogP contribution in [0, 0.1) is 0 Å². The van der Waals surface area contributed by atoms with Gasteiger partial charge in [0.15, 0.2) is 0 Å². The molecule has 6 nitrogen and oxygen atoms in total. The normalized spacial score (nSPS) is 14.9. The average molecular weight is 595 g/mol. The van der Waals surface area contributed by atoms with E-state index in [-0.39, 0.29) is 23.6 Å². The smallest absolute Gasteiger partial charge is 0.258 e. The summed E-state index contributed by atoms with van der Waals surface area (Å²) in [6.45, 7) is 0. The maximum absolute atomic E-state index is 12.1. The zero-order chi connectivity index (χ0) is 31.1. The van der Waals surface area contributed by atoms with E-state index in [0.29, 0.717) is 11.3 Å². The number of amides is 4. The number of imide groups is 2. The third-order valence-electron chi connectivity index (χ3n) is 9.13. The van der Waals surface area contributed by atoms with Crippen molar-refractivity contribution in [2.24, 2.45) is 0 Å². The van der Waals surface area contributed by atoms with Crippen LogP contribution in [0.15, 0.2) is 127 Å². The highest BCUT2D eigenvalue weighted by molar-refractivity contribution is 6.37. The first-order valence-electron chi connectivity index (χ1n) is 14.9. The lowest BCUT2D eigenvalue weighted by Gasteiger charge is -2.19. The van der Waals surface area contributed by atoms with Crippen LogP contribution in [0.4, 0.5) is 5.69 Å². The molecular formula is C40H22N2O4. The van der Waals surface area contributed by atoms with Crippen molar-refractivity contribution >= 4 is 99.5 Å². The molecule has 0 unspecified atom stereocenters. The van der Waals surface area contributed by atoms with Gasteiger partial charge in [-0.15, -0.1) is 0 Å². The number of hydrogen-bond donors (Lipinski definition) is 1. The van der Waals surface area contributed by atoms with Gasteiger partial charge in [0.2, 0.25) is 0 Å². The van der Waals surface area contributed by atoms with Gasteiger partial charge in [-0.1, -0.05) is 103 Å². The van der Waals surface area contributed by atoms with Gasteiger partial charge in [0, 0.05) is 23.6 Å². The molecule has 4 amide bonds. The molecule has 0 fully saturated rings. The van der Waals surface area contributed by atoms with Crippen LogP contribution in [0.25, 0.3) is 70.2 Å². The van der Waals surface area contributed by atoms with Gasteiger partial charge in [-0.25, -0.2) is 4.90 Å². The largest absolute Gasteiger partial charge is 0.289 e. The van der Waals surface area contributed by atoms with E-state index >= 15 is 0 Å². The molecule has 0 radical (unpaired) electrons. The van der Waals surface area contributed by atoms with Crippen LogP contribution in [-0.2, 0) is 19.2 Å². The van der Waals surface area contributed by atoms with Crippen molar-refractivity contribution in [2.45, 2.75) is 0 Å². The van der Waals surface area contributed by atoms with E-state index in [1.807, 2.05) is 54.6 Å². The molecular weight excluding hydrogens is 572 g/mol. The molecule has 0 aromatic heterocycles. The second-order valence-corrected chi connectivity index (χ2v) is 11.6. The molecule has 2 aliphatic rings. The Hall–Kier alpha value is -6.40. The zero-order valence-corrected chi connectivity index (χ0v) is 24.2. The lowest BCUT2D eigenvalue weighted by molar-refractivity contribution is -0.123. The Morgan fingerprint density at radius 2 is 0.913 bits per heavy atom. The third kappa shape index (κ3) is 3.70. The summed E-state index contributed by atoms with van der Waals surface area (Å²) in [4.78, 5) is 48.9. The van der Waals surface area contributed by atoms with Gasteiger partial charge in [0.05, 0.1) is 11.3 Å². The molecule has 10 rings (SSSR count). The quantitative estimate of drug-likeness (QED) is 0.165. The van der Waals surface area contributed by atoms with Crippen molar-refractivity contribution in [1.29, 1.82) is 0 Å². The summed E-state index contributed by atoms with van der Waals surface area (Å²) in [6, 6.07) is 36.8. The van der Waals surface area contributed by atoms with Crippen molar-refractivity contribution in [3.05, 3.63) is 133 Å². The standard InChI is InChI=1S/2C20H11NO2/c22-17-10-11-18(23)21(17)16-9-7-14-5-4-12-2-1-3-13-6-8-15(16)20(14)19(12)13;22-17-10-16(20(23)21-17)14-8-6-13-5-4-11-2-1-3-12-7-9-15(14)19(13)18(11)12/h1-11H;1-10H,(H,21,22,23). The maximum atomic E-state index is 12.1. The summed E-state index contributed by atoms with van der Waals surface area (Å²) in [5.74, 6) is -1.25. The van der Waals surface area contributed by atoms with E-state index in [1.54, 1.807) is 0 Å². The lowest BCUT2D eigenvalue weighted by Crippen LogP contribution is -2.29. The Labute approximate surface area is 261 Å². The molecule has 0 spiro atoms. The second-order valence-electron chi connectivity index (χ2n) is 11.6. The van der Waals surface area contributed by atoms with Crippen LogP contribution in [0.5, 0.6) is 0 Å². The fourth-order valence-corrected chi connectivity index (χ4v) is 7.13. The monoisotopic (exact) mass is 594 g/mol. The minimum atomic E-state index is -0.351. The summed E-state index contributed by atoms with van der Waals surface area (Å²) in [7, 11) is 0. The molecule has 0 atom stereocenters. The zero-order valence-electron chi connectivity index (χ0n) is 24.2. The van der Waals surface area contributed by atoms with Crippen LogP contribution in [0.2, 0.25) is 0 Å². The number of carbonyl (C=O) groups excluding carboxylic acids is 4. The molecule has 0 aliphatic carbocycles. The SMILES string of the molecule is O=C1C=C(c2ccc3ccc4cccc5ccc2c3c45)C(=O)N1.O=C1C=CC(=O)N1c1ccc2ccc3cccc4ccc1c2c34. The minimum absolute atomic E-state index is 0.287. The topological polar surface area (TPSA) is 83.5 Å². The molecule has 46 heavy (non-hydrogen) atoms. The molecule has 0 bridgehead atoms. The Morgan fingerprint density at radius 1 is 0.457 bits per heavy atom. The third-order valence-corrected chi connectivity index (χ3v) is 9.13. The number of nitrogens with zero attached hydrogens (tertiary/aromatic N) is 1. The first-order valence-corrected chi connectivity index (χ1v) is 14.9. The summed E-state index contributed by atoms with van der Waals surface area (Å²) < 4.78 is 0. The van der Waals surface area contributed by atoms with Gasteiger partial charge in [0.25, 0.3) is 23.6 Å². The molecule has 8 aromatic rings. The number of anilines is 1. The van der Waals surface area contributed by atoms with Gasteiger partial charge in [-0.2, -0.15) is 0 Å². The number of hydrogen-bond acceptors (Lipinski definition) is 4. The molecule has 1 N–H and O–H groups in total. The van der Waals surface area contributed by atoms with Gasteiger partial charge in [-0.3, -0.25) is 24.5 Å². The maximum Gasteiger partial charge on any atom is 0.258 e. The van der Waals surface area contributed by atoms with Crippen LogP contribution >= 0.6 is 0 Å². The summed E-state index contributed by atoms with van der Waals surface area (Å²) in [6.07, 6.45) is 4.02. The highest BCUT2D eigenvalue weighted by Crippen LogP contribution is 2.40. The molecule has 2 aliphatic heterocycles. The van der Waals surface area contributed by atoms with Crippen LogP contribution in [0.1, 0.15) is 5.56 Å². The molecule has 6 heteroatoms. The highest BCUT2D eigenvalue weighted by atomic mass is 16.2. The number of nitrogens with one attached hydrogen (secondary N) is 1. The molecule has 0 saturated heterocycles. The Bertz CT molecular complexity index is 2650. The van der Waals surface area contributed by atoms with Gasteiger partial charge < -0.3 is 0 Å². The fourth-order valence-electron chi connectivity index (χ4n) is 7.13. The Balaban J connectivity index is 0.000000127. The van der Waals surface area contributed by atoms with Gasteiger partial charge in [0.1, 0.15) is 0 Å². The Morgan fingerprint density at radius 3 is 1.46 bits per heavy atom. The number of carbonyl (C=O) groups is 4. The second kappa shape index (κ2) is 9.55. The lowest BCUT2D eigenvalue weighted by atomic mass is 9.90. The number of rotatable bonds is 2. The molecule has 0 saturated carbocycles. The summed E-state index contributed by atoms with van der Waals surface area (Å²) >= 11 is 0. The Kier molecular flexibility index (Phi) is 5.41. The van der Waals surface area contributed by atoms with E-state index in [2.05, 4.69) is 59.9 Å². The van der Waals surface area contributed by atoms with E-state index in [1.165, 1.54) is 44.7 Å². The minimum Gasteiger partial charge on any atom is -0.289 e. The van der Waals surface area contributed by atoms with Crippen LogP contribution in [0.3, 0.4) is 0 Å². The van der Waals surface area contributed by atoms with Gasteiger partial charge in [-0.05, 0) is 70.9 Å². The predicted octanol–water partition coefficient (Wildman–Crippen LogP) is 7.64. The molecule has 216 valence electrons. The van der Waals surface area contributed by atoms with E-state index in [0.717, 1.165) is 48.7 Å². The van der Waals surface area contributed by atoms with E-state index in [9.17, 15) is 19.2 Å². The van der Waals surface area contributed by atoms with E-state index in [4.69, 9.17) is 0 Å². The molecule has 8 aromatic carbocycles. The number of benzene rings is 8. The van der Waals surface area contributed by atoms with Crippen molar-refractivity contribution in [2.75, 3.05) is 4.90 Å². The first kappa shape index (κ1) is 26.0. The first-order chi connectivity index (χ1) is 22.5. The van der Waals surface area contributed by atoms with Crippen LogP contribution in [-0.4, -0.2) is 23.6 Å². The van der Waals surface area contributed by atoms with E-state index < -0.39 is 0 Å². The summed E-state index contributed by atoms with van der Waals surface area (Å²) in [5.41, 5.74) is 1.89. The fraction of sp³-hybridized carbons (Fsp3) is 0. The average Bonchev–Trinajstić information content (AvgIpc) is 3.60. The van der Waals surface area contributed by atoms with Crippen molar-refractivity contribution < 1.29 is 19.2 Å². The summed E-state index contributed by atoms with van der Waals surface area (Å²) in [5, 5.41) is 15.8.